The van der Waals surface area contributed by atoms with Crippen molar-refractivity contribution in [3.05, 3.63) is 22.2 Å². The average Bonchev–Trinajstić information content (AvgIpc) is 2.19. The molecule has 0 aliphatic carbocycles. The molecule has 0 fully saturated rings. The van der Waals surface area contributed by atoms with Crippen LogP contribution in [-0.4, -0.2) is 21.9 Å². The Bertz CT molecular complexity index is 446. The molecule has 7 heteroatoms. The van der Waals surface area contributed by atoms with Gasteiger partial charge in [-0.15, -0.1) is 0 Å². The number of hydrogen-bond donors (Lipinski definition) is 1. The molecule has 7 nitrogen and oxygen atoms in total. The van der Waals surface area contributed by atoms with Crippen LogP contribution < -0.4 is 10.1 Å². The zero-order chi connectivity index (χ0) is 11.0. The summed E-state index contributed by atoms with van der Waals surface area (Å²) < 4.78 is 5.18. The van der Waals surface area contributed by atoms with Gasteiger partial charge in [-0.2, -0.15) is 0 Å². The van der Waals surface area contributed by atoms with Gasteiger partial charge in [0.05, 0.1) is 0 Å². The second-order valence-electron chi connectivity index (χ2n) is 3.02. The number of carbonyl (C=O) groups is 1. The van der Waals surface area contributed by atoms with Crippen LogP contribution in [0.1, 0.15) is 6.92 Å². The fourth-order valence-electron chi connectivity index (χ4n) is 1.18. The molecule has 1 aromatic heterocycles. The van der Waals surface area contributed by atoms with Crippen molar-refractivity contribution in [3.8, 4) is 5.75 Å². The summed E-state index contributed by atoms with van der Waals surface area (Å²) in [5.74, 6) is -0.261. The number of anilines is 1. The highest BCUT2D eigenvalue weighted by atomic mass is 16.6. The highest BCUT2D eigenvalue weighted by Gasteiger charge is 2.28. The van der Waals surface area contributed by atoms with E-state index in [2.05, 4.69) is 10.3 Å². The second kappa shape index (κ2) is 3.19. The minimum absolute atomic E-state index is 0.0901. The van der Waals surface area contributed by atoms with Gasteiger partial charge in [0.2, 0.25) is 0 Å². The van der Waals surface area contributed by atoms with E-state index >= 15 is 0 Å². The van der Waals surface area contributed by atoms with Crippen molar-refractivity contribution in [1.29, 1.82) is 0 Å². The van der Waals surface area contributed by atoms with Gasteiger partial charge in [-0.1, -0.05) is 0 Å². The summed E-state index contributed by atoms with van der Waals surface area (Å²) in [5.41, 5.74) is 0. The number of ether oxygens (including phenoxy) is 1. The first-order valence-corrected chi connectivity index (χ1v) is 4.21. The molecule has 1 aliphatic rings. The molecular formula is C8H7N3O4. The first kappa shape index (κ1) is 9.38. The Kier molecular flexibility index (Phi) is 2.00. The Morgan fingerprint density at radius 3 is 3.00 bits per heavy atom. The third-order valence-corrected chi connectivity index (χ3v) is 1.95. The number of fused-ring (bicyclic) bond motifs is 1. The van der Waals surface area contributed by atoms with Crippen LogP contribution >= 0.6 is 0 Å². The van der Waals surface area contributed by atoms with Crippen LogP contribution in [0.3, 0.4) is 0 Å². The van der Waals surface area contributed by atoms with E-state index in [1.807, 2.05) is 0 Å². The lowest BCUT2D eigenvalue weighted by molar-refractivity contribution is -0.389. The van der Waals surface area contributed by atoms with Crippen molar-refractivity contribution in [2.75, 3.05) is 5.32 Å². The summed E-state index contributed by atoms with van der Waals surface area (Å²) in [5, 5.41) is 12.8. The Balaban J connectivity index is 2.41. The highest BCUT2D eigenvalue weighted by molar-refractivity contribution is 5.96. The van der Waals surface area contributed by atoms with Gasteiger partial charge in [0.15, 0.2) is 11.9 Å². The topological polar surface area (TPSA) is 94.4 Å². The molecule has 0 unspecified atom stereocenters. The first-order chi connectivity index (χ1) is 7.08. The normalized spacial score (nSPS) is 18.7. The van der Waals surface area contributed by atoms with Gasteiger partial charge < -0.3 is 14.9 Å². The molecule has 2 heterocycles. The standard InChI is InChI=1S/C8H7N3O4/c1-4-8(12)10-7-5(15-4)2-3-6(9-7)11(13)14/h2-4H,1H3,(H,9,10,12)/t4-/m1/s1. The van der Waals surface area contributed by atoms with Crippen LogP contribution in [0.5, 0.6) is 5.75 Å². The molecule has 78 valence electrons. The average molecular weight is 209 g/mol. The molecule has 1 amide bonds. The third kappa shape index (κ3) is 1.58. The molecule has 0 spiro atoms. The molecule has 1 atom stereocenters. The van der Waals surface area contributed by atoms with Crippen LogP contribution in [0.25, 0.3) is 0 Å². The molecule has 0 radical (unpaired) electrons. The fraction of sp³-hybridized carbons (Fsp3) is 0.250. The smallest absolute Gasteiger partial charge is 0.366 e. The van der Waals surface area contributed by atoms with Crippen LogP contribution in [0, 0.1) is 10.1 Å². The van der Waals surface area contributed by atoms with E-state index in [0.717, 1.165) is 0 Å². The summed E-state index contributed by atoms with van der Waals surface area (Å²) in [6, 6.07) is 2.64. The highest BCUT2D eigenvalue weighted by Crippen LogP contribution is 2.29. The largest absolute Gasteiger partial charge is 0.475 e. The maximum Gasteiger partial charge on any atom is 0.366 e. The Labute approximate surface area is 84.2 Å². The van der Waals surface area contributed by atoms with Gasteiger partial charge in [-0.25, -0.2) is 0 Å². The van der Waals surface area contributed by atoms with Crippen LogP contribution in [-0.2, 0) is 4.79 Å². The van der Waals surface area contributed by atoms with Crippen molar-refractivity contribution in [2.24, 2.45) is 0 Å². The van der Waals surface area contributed by atoms with E-state index in [4.69, 9.17) is 4.74 Å². The summed E-state index contributed by atoms with van der Waals surface area (Å²) in [4.78, 5) is 24.6. The zero-order valence-corrected chi connectivity index (χ0v) is 7.76. The summed E-state index contributed by atoms with van der Waals surface area (Å²) in [6.45, 7) is 1.58. The summed E-state index contributed by atoms with van der Waals surface area (Å²) >= 11 is 0. The number of rotatable bonds is 1. The number of nitrogens with zero attached hydrogens (tertiary/aromatic N) is 2. The molecule has 1 aliphatic heterocycles. The van der Waals surface area contributed by atoms with E-state index in [1.54, 1.807) is 6.92 Å². The Hall–Kier alpha value is -2.18. The summed E-state index contributed by atoms with van der Waals surface area (Å²) in [7, 11) is 0. The molecule has 0 saturated heterocycles. The molecule has 1 N–H and O–H groups in total. The molecule has 0 bridgehead atoms. The molecule has 0 aromatic carbocycles. The third-order valence-electron chi connectivity index (χ3n) is 1.95. The maximum absolute atomic E-state index is 11.2. The number of hydrogen-bond acceptors (Lipinski definition) is 5. The molecule has 15 heavy (non-hydrogen) atoms. The lowest BCUT2D eigenvalue weighted by Crippen LogP contribution is -2.34. The van der Waals surface area contributed by atoms with Gasteiger partial charge in [0.25, 0.3) is 11.7 Å². The van der Waals surface area contributed by atoms with E-state index in [1.165, 1.54) is 12.1 Å². The van der Waals surface area contributed by atoms with Gasteiger partial charge in [0, 0.05) is 6.07 Å². The van der Waals surface area contributed by atoms with Gasteiger partial charge in [-0.3, -0.25) is 10.1 Å². The first-order valence-electron chi connectivity index (χ1n) is 4.21. The zero-order valence-electron chi connectivity index (χ0n) is 7.76. The quantitative estimate of drug-likeness (QED) is 0.542. The minimum atomic E-state index is -0.634. The Morgan fingerprint density at radius 1 is 1.60 bits per heavy atom. The molecule has 0 saturated carbocycles. The SMILES string of the molecule is C[C@H]1Oc2ccc([N+](=O)[O-])nc2NC1=O. The van der Waals surface area contributed by atoms with Crippen molar-refractivity contribution >= 4 is 17.5 Å². The van der Waals surface area contributed by atoms with Crippen molar-refractivity contribution < 1.29 is 14.5 Å². The Morgan fingerprint density at radius 2 is 2.33 bits per heavy atom. The number of nitrogens with one attached hydrogen (secondary N) is 1. The van der Waals surface area contributed by atoms with Crippen molar-refractivity contribution in [1.82, 2.24) is 4.98 Å². The minimum Gasteiger partial charge on any atom is -0.475 e. The van der Waals surface area contributed by atoms with Gasteiger partial charge in [-0.05, 0) is 22.9 Å². The second-order valence-corrected chi connectivity index (χ2v) is 3.02. The van der Waals surface area contributed by atoms with Crippen molar-refractivity contribution in [2.45, 2.75) is 13.0 Å². The monoisotopic (exact) mass is 209 g/mol. The van der Waals surface area contributed by atoms with E-state index in [9.17, 15) is 14.9 Å². The van der Waals surface area contributed by atoms with E-state index in [-0.39, 0.29) is 17.5 Å². The molecule has 1 aromatic rings. The van der Waals surface area contributed by atoms with Gasteiger partial charge >= 0.3 is 5.82 Å². The number of carbonyl (C=O) groups excluding carboxylic acids is 1. The number of pyridine rings is 1. The van der Waals surface area contributed by atoms with Crippen LogP contribution in [0.2, 0.25) is 0 Å². The maximum atomic E-state index is 11.2. The van der Waals surface area contributed by atoms with Crippen LogP contribution in [0.15, 0.2) is 12.1 Å². The van der Waals surface area contributed by atoms with Crippen molar-refractivity contribution in [3.63, 3.8) is 0 Å². The molecular weight excluding hydrogens is 202 g/mol. The lowest BCUT2D eigenvalue weighted by atomic mass is 10.3. The predicted molar refractivity (Wildman–Crippen MR) is 49.6 cm³/mol. The fourth-order valence-corrected chi connectivity index (χ4v) is 1.18. The summed E-state index contributed by atoms with van der Waals surface area (Å²) in [6.07, 6.45) is -0.610. The number of nitro groups is 1. The van der Waals surface area contributed by atoms with Gasteiger partial charge in [0.1, 0.15) is 0 Å². The lowest BCUT2D eigenvalue weighted by Gasteiger charge is -2.19. The molecule has 2 rings (SSSR count). The predicted octanol–water partition coefficient (Wildman–Crippen LogP) is 0.709. The van der Waals surface area contributed by atoms with E-state index < -0.39 is 11.0 Å². The number of aromatic nitrogens is 1. The number of amides is 1. The van der Waals surface area contributed by atoms with E-state index in [0.29, 0.717) is 5.75 Å². The van der Waals surface area contributed by atoms with Crippen LogP contribution in [0.4, 0.5) is 11.6 Å².